The molecule has 2 atom stereocenters. The normalized spacial score (nSPS) is 19.7. The number of rotatable bonds is 4. The molecule has 0 spiro atoms. The average molecular weight is 438 g/mol. The maximum Gasteiger partial charge on any atom is 0.264 e. The summed E-state index contributed by atoms with van der Waals surface area (Å²) in [6.07, 6.45) is 5.71. The third-order valence-corrected chi connectivity index (χ3v) is 7.25. The van der Waals surface area contributed by atoms with Crippen molar-refractivity contribution in [3.63, 3.8) is 0 Å². The monoisotopic (exact) mass is 438 g/mol. The fourth-order valence-electron chi connectivity index (χ4n) is 4.47. The summed E-state index contributed by atoms with van der Waals surface area (Å²) in [4.78, 5) is 23.2. The van der Waals surface area contributed by atoms with Gasteiger partial charge in [-0.1, -0.05) is 18.2 Å². The van der Waals surface area contributed by atoms with E-state index in [9.17, 15) is 17.6 Å². The van der Waals surface area contributed by atoms with Crippen molar-refractivity contribution in [1.29, 1.82) is 0 Å². The molecule has 3 heterocycles. The minimum Gasteiger partial charge on any atom is -0.328 e. The number of carbonyl (C=O) groups excluding carboxylic acids is 1. The number of nitrogens with one attached hydrogen (secondary N) is 1. The zero-order valence-electron chi connectivity index (χ0n) is 16.4. The van der Waals surface area contributed by atoms with Crippen LogP contribution >= 0.6 is 0 Å². The lowest BCUT2D eigenvalue weighted by Crippen LogP contribution is -2.42. The van der Waals surface area contributed by atoms with Crippen LogP contribution in [-0.2, 0) is 16.4 Å². The van der Waals surface area contributed by atoms with E-state index >= 15 is 0 Å². The number of nitrogens with zero attached hydrogens (tertiary/aromatic N) is 3. The highest BCUT2D eigenvalue weighted by Crippen LogP contribution is 2.43. The van der Waals surface area contributed by atoms with E-state index in [2.05, 4.69) is 14.7 Å². The standard InChI is InChI=1S/C22H19FN4O3S/c23-18-6-1-2-7-21(18)31(29,30)26-15-5-3-4-14(10-15)22(28)27-16-8-9-20(27)17-12-24-13-25-19(17)11-16/h1-7,10,12-13,16,20,26H,8-9,11H2. The zero-order valence-corrected chi connectivity index (χ0v) is 17.2. The lowest BCUT2D eigenvalue weighted by molar-refractivity contribution is 0.0644. The van der Waals surface area contributed by atoms with Gasteiger partial charge in [-0.15, -0.1) is 0 Å². The molecular formula is C22H19FN4O3S. The van der Waals surface area contributed by atoms with Crippen molar-refractivity contribution in [1.82, 2.24) is 14.9 Å². The zero-order chi connectivity index (χ0) is 21.6. The van der Waals surface area contributed by atoms with E-state index in [0.29, 0.717) is 12.0 Å². The molecule has 1 amide bonds. The first kappa shape index (κ1) is 19.6. The summed E-state index contributed by atoms with van der Waals surface area (Å²) in [5.74, 6) is -1.01. The van der Waals surface area contributed by atoms with Gasteiger partial charge in [-0.2, -0.15) is 0 Å². The SMILES string of the molecule is O=C(c1cccc(NS(=O)(=O)c2ccccc2F)c1)N1C2CCC1c1cncnc1C2. The number of hydrogen-bond acceptors (Lipinski definition) is 5. The molecule has 31 heavy (non-hydrogen) atoms. The molecule has 3 aromatic rings. The molecule has 0 radical (unpaired) electrons. The Hall–Kier alpha value is -3.33. The molecule has 1 saturated heterocycles. The van der Waals surface area contributed by atoms with Gasteiger partial charge in [0.15, 0.2) is 0 Å². The lowest BCUT2D eigenvalue weighted by atomic mass is 9.98. The Morgan fingerprint density at radius 3 is 2.81 bits per heavy atom. The Morgan fingerprint density at radius 1 is 1.13 bits per heavy atom. The number of carbonyl (C=O) groups is 1. The first-order chi connectivity index (χ1) is 14.9. The first-order valence-electron chi connectivity index (χ1n) is 9.93. The van der Waals surface area contributed by atoms with Crippen molar-refractivity contribution in [2.24, 2.45) is 0 Å². The summed E-state index contributed by atoms with van der Waals surface area (Å²) < 4.78 is 41.5. The van der Waals surface area contributed by atoms with Crippen molar-refractivity contribution in [3.05, 3.63) is 83.7 Å². The molecule has 9 heteroatoms. The van der Waals surface area contributed by atoms with E-state index < -0.39 is 20.7 Å². The van der Waals surface area contributed by atoms with Gasteiger partial charge in [0.1, 0.15) is 17.0 Å². The Morgan fingerprint density at radius 2 is 1.97 bits per heavy atom. The van der Waals surface area contributed by atoms with E-state index in [1.165, 1.54) is 36.7 Å². The van der Waals surface area contributed by atoms with Crippen molar-refractivity contribution < 1.29 is 17.6 Å². The maximum absolute atomic E-state index is 14.0. The van der Waals surface area contributed by atoms with Gasteiger partial charge in [0, 0.05) is 35.5 Å². The molecule has 7 nitrogen and oxygen atoms in total. The predicted octanol–water partition coefficient (Wildman–Crippen LogP) is 3.32. The smallest absolute Gasteiger partial charge is 0.264 e. The second kappa shape index (κ2) is 7.42. The average Bonchev–Trinajstić information content (AvgIpc) is 3.07. The van der Waals surface area contributed by atoms with Crippen molar-refractivity contribution in [2.75, 3.05) is 4.72 Å². The second-order valence-corrected chi connectivity index (χ2v) is 9.36. The third kappa shape index (κ3) is 3.44. The molecule has 2 bridgehead atoms. The van der Waals surface area contributed by atoms with Crippen LogP contribution in [0.25, 0.3) is 0 Å². The minimum atomic E-state index is -4.13. The van der Waals surface area contributed by atoms with Gasteiger partial charge in [-0.3, -0.25) is 9.52 Å². The molecule has 5 rings (SSSR count). The van der Waals surface area contributed by atoms with E-state index in [1.54, 1.807) is 18.3 Å². The van der Waals surface area contributed by atoms with Gasteiger partial charge in [-0.05, 0) is 43.2 Å². The van der Waals surface area contributed by atoms with Crippen LogP contribution in [0.4, 0.5) is 10.1 Å². The van der Waals surface area contributed by atoms with E-state index in [1.807, 2.05) is 4.90 Å². The van der Waals surface area contributed by atoms with Crippen LogP contribution < -0.4 is 4.72 Å². The molecule has 0 aliphatic carbocycles. The number of benzene rings is 2. The van der Waals surface area contributed by atoms with Gasteiger partial charge < -0.3 is 4.90 Å². The maximum atomic E-state index is 14.0. The Bertz CT molecular complexity index is 1280. The number of sulfonamides is 1. The first-order valence-corrected chi connectivity index (χ1v) is 11.4. The highest BCUT2D eigenvalue weighted by atomic mass is 32.2. The van der Waals surface area contributed by atoms with Gasteiger partial charge in [0.05, 0.1) is 11.7 Å². The van der Waals surface area contributed by atoms with Crippen LogP contribution in [-0.4, -0.2) is 35.2 Å². The fourth-order valence-corrected chi connectivity index (χ4v) is 5.60. The quantitative estimate of drug-likeness (QED) is 0.675. The van der Waals surface area contributed by atoms with Crippen LogP contribution in [0.1, 0.15) is 40.5 Å². The number of aromatic nitrogens is 2. The van der Waals surface area contributed by atoms with Crippen molar-refractivity contribution in [2.45, 2.75) is 36.2 Å². The number of hydrogen-bond donors (Lipinski definition) is 1. The van der Waals surface area contributed by atoms with Crippen LogP contribution in [0.5, 0.6) is 0 Å². The van der Waals surface area contributed by atoms with Gasteiger partial charge in [0.2, 0.25) is 0 Å². The Kier molecular flexibility index (Phi) is 4.70. The third-order valence-electron chi connectivity index (χ3n) is 5.84. The minimum absolute atomic E-state index is 0.0543. The van der Waals surface area contributed by atoms with Crippen molar-refractivity contribution in [3.8, 4) is 0 Å². The number of fused-ring (bicyclic) bond motifs is 4. The molecule has 2 unspecified atom stereocenters. The molecule has 2 aliphatic heterocycles. The molecule has 2 aromatic carbocycles. The molecule has 1 aromatic heterocycles. The second-order valence-electron chi connectivity index (χ2n) is 7.71. The van der Waals surface area contributed by atoms with E-state index in [0.717, 1.165) is 30.2 Å². The highest BCUT2D eigenvalue weighted by molar-refractivity contribution is 7.92. The molecular weight excluding hydrogens is 419 g/mol. The summed E-state index contributed by atoms with van der Waals surface area (Å²) in [6, 6.07) is 11.4. The summed E-state index contributed by atoms with van der Waals surface area (Å²) in [7, 11) is -4.13. The number of amides is 1. The molecule has 2 aliphatic rings. The topological polar surface area (TPSA) is 92.3 Å². The Labute approximate surface area is 179 Å². The van der Waals surface area contributed by atoms with Crippen LogP contribution in [0.3, 0.4) is 0 Å². The largest absolute Gasteiger partial charge is 0.328 e. The summed E-state index contributed by atoms with van der Waals surface area (Å²) in [5, 5.41) is 0. The molecule has 158 valence electrons. The lowest BCUT2D eigenvalue weighted by Gasteiger charge is -2.35. The highest BCUT2D eigenvalue weighted by Gasteiger charge is 2.43. The van der Waals surface area contributed by atoms with Crippen LogP contribution in [0.2, 0.25) is 0 Å². The van der Waals surface area contributed by atoms with E-state index in [-0.39, 0.29) is 23.7 Å². The fraction of sp³-hybridized carbons (Fsp3) is 0.227. The van der Waals surface area contributed by atoms with Gasteiger partial charge >= 0.3 is 0 Å². The Balaban J connectivity index is 1.42. The van der Waals surface area contributed by atoms with Gasteiger partial charge in [0.25, 0.3) is 15.9 Å². The van der Waals surface area contributed by atoms with Crippen molar-refractivity contribution >= 4 is 21.6 Å². The molecule has 0 saturated carbocycles. The predicted molar refractivity (Wildman–Crippen MR) is 111 cm³/mol. The van der Waals surface area contributed by atoms with Gasteiger partial charge in [-0.25, -0.2) is 22.8 Å². The summed E-state index contributed by atoms with van der Waals surface area (Å²) in [5.41, 5.74) is 2.52. The summed E-state index contributed by atoms with van der Waals surface area (Å²) in [6.45, 7) is 0. The molecule has 1 fully saturated rings. The number of halogens is 1. The number of anilines is 1. The van der Waals surface area contributed by atoms with Crippen LogP contribution in [0.15, 0.2) is 66.0 Å². The summed E-state index contributed by atoms with van der Waals surface area (Å²) >= 11 is 0. The van der Waals surface area contributed by atoms with E-state index in [4.69, 9.17) is 0 Å². The molecule has 1 N–H and O–H groups in total. The van der Waals surface area contributed by atoms with Crippen LogP contribution in [0, 0.1) is 5.82 Å².